The van der Waals surface area contributed by atoms with Gasteiger partial charge in [0.05, 0.1) is 24.9 Å². The van der Waals surface area contributed by atoms with Crippen molar-refractivity contribution in [3.05, 3.63) is 82.6 Å². The van der Waals surface area contributed by atoms with Crippen LogP contribution in [0.2, 0.25) is 5.02 Å². The third-order valence-electron chi connectivity index (χ3n) is 5.54. The highest BCUT2D eigenvalue weighted by Crippen LogP contribution is 2.23. The zero-order valence-electron chi connectivity index (χ0n) is 17.6. The summed E-state index contributed by atoms with van der Waals surface area (Å²) in [5, 5.41) is 4.81. The summed E-state index contributed by atoms with van der Waals surface area (Å²) in [6, 6.07) is 13.8. The SMILES string of the molecule is COc1ccc(/C=C/C(=O)c2ccc(N3CCCCC3)cc2)cc1Cn1cc(Cl)cn1. The van der Waals surface area contributed by atoms with Crippen molar-refractivity contribution >= 4 is 29.1 Å². The molecule has 1 aliphatic rings. The molecule has 3 aromatic rings. The van der Waals surface area contributed by atoms with Crippen molar-refractivity contribution in [3.63, 3.8) is 0 Å². The molecule has 0 aliphatic carbocycles. The first-order chi connectivity index (χ1) is 15.1. The number of ether oxygens (including phenoxy) is 1. The second-order valence-electron chi connectivity index (χ2n) is 7.72. The Hall–Kier alpha value is -3.05. The molecule has 5 nitrogen and oxygen atoms in total. The minimum atomic E-state index is -0.0126. The summed E-state index contributed by atoms with van der Waals surface area (Å²) in [5.74, 6) is 0.754. The Morgan fingerprint density at radius 2 is 1.90 bits per heavy atom. The number of rotatable bonds is 7. The second kappa shape index (κ2) is 9.84. The number of nitrogens with zero attached hydrogens (tertiary/aromatic N) is 3. The van der Waals surface area contributed by atoms with Gasteiger partial charge in [0.1, 0.15) is 5.75 Å². The van der Waals surface area contributed by atoms with Gasteiger partial charge in [0.25, 0.3) is 0 Å². The molecule has 1 fully saturated rings. The van der Waals surface area contributed by atoms with Crippen LogP contribution in [0.25, 0.3) is 6.08 Å². The molecule has 4 rings (SSSR count). The molecule has 1 saturated heterocycles. The van der Waals surface area contributed by atoms with E-state index in [0.29, 0.717) is 17.1 Å². The molecular weight excluding hydrogens is 410 g/mol. The molecule has 0 radical (unpaired) electrons. The van der Waals surface area contributed by atoms with Crippen LogP contribution in [-0.4, -0.2) is 35.8 Å². The van der Waals surface area contributed by atoms with Crippen LogP contribution in [0.4, 0.5) is 5.69 Å². The average molecular weight is 436 g/mol. The van der Waals surface area contributed by atoms with E-state index in [-0.39, 0.29) is 5.78 Å². The van der Waals surface area contributed by atoms with Gasteiger partial charge >= 0.3 is 0 Å². The largest absolute Gasteiger partial charge is 0.496 e. The van der Waals surface area contributed by atoms with E-state index in [4.69, 9.17) is 16.3 Å². The zero-order valence-corrected chi connectivity index (χ0v) is 18.4. The molecule has 0 bridgehead atoms. The maximum Gasteiger partial charge on any atom is 0.185 e. The molecule has 0 unspecified atom stereocenters. The molecule has 31 heavy (non-hydrogen) atoms. The van der Waals surface area contributed by atoms with E-state index < -0.39 is 0 Å². The van der Waals surface area contributed by atoms with Crippen LogP contribution in [-0.2, 0) is 6.54 Å². The van der Waals surface area contributed by atoms with Gasteiger partial charge in [0.2, 0.25) is 0 Å². The van der Waals surface area contributed by atoms with Crippen molar-refractivity contribution in [2.45, 2.75) is 25.8 Å². The molecule has 2 aromatic carbocycles. The minimum absolute atomic E-state index is 0.0126. The van der Waals surface area contributed by atoms with Crippen LogP contribution in [0.3, 0.4) is 0 Å². The minimum Gasteiger partial charge on any atom is -0.496 e. The Bertz CT molecular complexity index is 1070. The molecule has 6 heteroatoms. The molecule has 0 saturated carbocycles. The van der Waals surface area contributed by atoms with Crippen molar-refractivity contribution in [1.82, 2.24) is 9.78 Å². The fraction of sp³-hybridized carbons (Fsp3) is 0.280. The highest BCUT2D eigenvalue weighted by atomic mass is 35.5. The van der Waals surface area contributed by atoms with E-state index >= 15 is 0 Å². The third kappa shape index (κ3) is 5.36. The number of carbonyl (C=O) groups is 1. The number of allylic oxidation sites excluding steroid dienone is 1. The highest BCUT2D eigenvalue weighted by Gasteiger charge is 2.11. The van der Waals surface area contributed by atoms with Gasteiger partial charge in [-0.25, -0.2) is 0 Å². The standard InChI is InChI=1S/C25H26ClN3O2/c1-31-25-12-6-19(15-21(25)17-29-18-22(26)16-27-29)5-11-24(30)20-7-9-23(10-8-20)28-13-3-2-4-14-28/h5-12,15-16,18H,2-4,13-14,17H2,1H3/b11-5+. The number of hydrogen-bond acceptors (Lipinski definition) is 4. The lowest BCUT2D eigenvalue weighted by molar-refractivity contribution is 0.104. The molecule has 0 amide bonds. The maximum atomic E-state index is 12.7. The summed E-state index contributed by atoms with van der Waals surface area (Å²) in [5.41, 5.74) is 3.77. The molecule has 2 heterocycles. The van der Waals surface area contributed by atoms with Gasteiger partial charge in [-0.15, -0.1) is 0 Å². The van der Waals surface area contributed by atoms with E-state index in [1.54, 1.807) is 30.3 Å². The number of methoxy groups -OCH3 is 1. The number of anilines is 1. The van der Waals surface area contributed by atoms with E-state index in [1.165, 1.54) is 24.9 Å². The highest BCUT2D eigenvalue weighted by molar-refractivity contribution is 6.30. The van der Waals surface area contributed by atoms with E-state index in [1.807, 2.05) is 48.5 Å². The molecular formula is C25H26ClN3O2. The first kappa shape index (κ1) is 21.2. The smallest absolute Gasteiger partial charge is 0.185 e. The number of hydrogen-bond donors (Lipinski definition) is 0. The van der Waals surface area contributed by atoms with Crippen LogP contribution in [0.15, 0.2) is 60.9 Å². The average Bonchev–Trinajstić information content (AvgIpc) is 3.22. The second-order valence-corrected chi connectivity index (χ2v) is 8.16. The van der Waals surface area contributed by atoms with Gasteiger partial charge in [-0.05, 0) is 67.3 Å². The van der Waals surface area contributed by atoms with Crippen LogP contribution in [0.5, 0.6) is 5.75 Å². The molecule has 0 atom stereocenters. The molecule has 1 aromatic heterocycles. The van der Waals surface area contributed by atoms with Gasteiger partial charge < -0.3 is 9.64 Å². The van der Waals surface area contributed by atoms with Gasteiger partial charge in [-0.3, -0.25) is 9.48 Å². The van der Waals surface area contributed by atoms with Crippen LogP contribution < -0.4 is 9.64 Å². The summed E-state index contributed by atoms with van der Waals surface area (Å²) in [4.78, 5) is 15.0. The lowest BCUT2D eigenvalue weighted by atomic mass is 10.1. The number of carbonyl (C=O) groups excluding carboxylic acids is 1. The van der Waals surface area contributed by atoms with Gasteiger partial charge in [0.15, 0.2) is 5.78 Å². The lowest BCUT2D eigenvalue weighted by Gasteiger charge is -2.28. The topological polar surface area (TPSA) is 47.4 Å². The molecule has 0 N–H and O–H groups in total. The quantitative estimate of drug-likeness (QED) is 0.364. The predicted octanol–water partition coefficient (Wildman–Crippen LogP) is 5.48. The van der Waals surface area contributed by atoms with Crippen molar-refractivity contribution in [2.75, 3.05) is 25.1 Å². The maximum absolute atomic E-state index is 12.7. The Balaban J connectivity index is 1.46. The summed E-state index contributed by atoms with van der Waals surface area (Å²) in [7, 11) is 1.64. The van der Waals surface area contributed by atoms with Crippen LogP contribution in [0.1, 0.15) is 40.7 Å². The van der Waals surface area contributed by atoms with Crippen molar-refractivity contribution in [1.29, 1.82) is 0 Å². The van der Waals surface area contributed by atoms with Gasteiger partial charge in [-0.2, -0.15) is 5.10 Å². The predicted molar refractivity (Wildman–Crippen MR) is 125 cm³/mol. The fourth-order valence-electron chi connectivity index (χ4n) is 3.88. The lowest BCUT2D eigenvalue weighted by Crippen LogP contribution is -2.29. The normalized spacial score (nSPS) is 14.2. The molecule has 0 spiro atoms. The number of halogens is 1. The Morgan fingerprint density at radius 3 is 2.58 bits per heavy atom. The van der Waals surface area contributed by atoms with Crippen molar-refractivity contribution in [2.24, 2.45) is 0 Å². The van der Waals surface area contributed by atoms with Crippen LogP contribution >= 0.6 is 11.6 Å². The number of benzene rings is 2. The summed E-state index contributed by atoms with van der Waals surface area (Å²) in [6.45, 7) is 2.72. The number of aromatic nitrogens is 2. The van der Waals surface area contributed by atoms with Gasteiger partial charge in [0, 0.05) is 36.1 Å². The Kier molecular flexibility index (Phi) is 6.73. The molecule has 1 aliphatic heterocycles. The van der Waals surface area contributed by atoms with Crippen molar-refractivity contribution in [3.8, 4) is 5.75 Å². The zero-order chi connectivity index (χ0) is 21.6. The van der Waals surface area contributed by atoms with Crippen molar-refractivity contribution < 1.29 is 9.53 Å². The van der Waals surface area contributed by atoms with E-state index in [2.05, 4.69) is 10.00 Å². The Labute approximate surface area is 187 Å². The van der Waals surface area contributed by atoms with Gasteiger partial charge in [-0.1, -0.05) is 23.7 Å². The third-order valence-corrected chi connectivity index (χ3v) is 5.73. The fourth-order valence-corrected chi connectivity index (χ4v) is 4.04. The van der Waals surface area contributed by atoms with Crippen LogP contribution in [0, 0.1) is 0 Å². The summed E-state index contributed by atoms with van der Waals surface area (Å²) < 4.78 is 7.22. The van der Waals surface area contributed by atoms with E-state index in [9.17, 15) is 4.79 Å². The number of ketones is 1. The summed E-state index contributed by atoms with van der Waals surface area (Å²) >= 11 is 5.96. The van der Waals surface area contributed by atoms with E-state index in [0.717, 1.165) is 30.0 Å². The first-order valence-electron chi connectivity index (χ1n) is 10.5. The first-order valence-corrected chi connectivity index (χ1v) is 10.9. The molecule has 160 valence electrons. The monoisotopic (exact) mass is 435 g/mol. The Morgan fingerprint density at radius 1 is 1.13 bits per heavy atom. The summed E-state index contributed by atoms with van der Waals surface area (Å²) in [6.07, 6.45) is 10.6. The number of piperidine rings is 1.